The Morgan fingerprint density at radius 1 is 0.833 bits per heavy atom. The van der Waals surface area contributed by atoms with E-state index >= 15 is 0 Å². The van der Waals surface area contributed by atoms with E-state index in [9.17, 15) is 19.8 Å². The van der Waals surface area contributed by atoms with Crippen molar-refractivity contribution in [2.24, 2.45) is 0 Å². The molecule has 0 fully saturated rings. The van der Waals surface area contributed by atoms with Crippen molar-refractivity contribution in [1.82, 2.24) is 0 Å². The second-order valence-electron chi connectivity index (χ2n) is 2.30. The largest absolute Gasteiger partial charge is 2.00 e. The number of carbonyl (C=O) groups excluding carboxylic acids is 2. The normalized spacial score (nSPS) is 8.67. The molecule has 0 radical (unpaired) electrons. The molecule has 0 aliphatic heterocycles. The van der Waals surface area contributed by atoms with Gasteiger partial charge in [0.25, 0.3) is 0 Å². The van der Waals surface area contributed by atoms with Gasteiger partial charge in [-0.1, -0.05) is 6.42 Å². The molecular formula is C7H10BaO4. The number of aliphatic carboxylic acids is 2. The Morgan fingerprint density at radius 2 is 1.17 bits per heavy atom. The summed E-state index contributed by atoms with van der Waals surface area (Å²) in [6, 6.07) is 0. The SMILES string of the molecule is O=C([O-])CCCCCC(=O)[O-].[Ba+2]. The van der Waals surface area contributed by atoms with Crippen LogP contribution in [-0.2, 0) is 9.59 Å². The van der Waals surface area contributed by atoms with E-state index in [0.717, 1.165) is 0 Å². The minimum absolute atomic E-state index is 0. The second kappa shape index (κ2) is 9.60. The van der Waals surface area contributed by atoms with Gasteiger partial charge in [-0.2, -0.15) is 0 Å². The first-order chi connectivity index (χ1) is 5.13. The van der Waals surface area contributed by atoms with Crippen LogP contribution in [0.5, 0.6) is 0 Å². The van der Waals surface area contributed by atoms with Crippen molar-refractivity contribution in [3.05, 3.63) is 0 Å². The molecule has 0 saturated carbocycles. The van der Waals surface area contributed by atoms with Gasteiger partial charge in [0, 0.05) is 11.9 Å². The quantitative estimate of drug-likeness (QED) is 0.422. The first-order valence-corrected chi connectivity index (χ1v) is 3.52. The van der Waals surface area contributed by atoms with Crippen LogP contribution in [0, 0.1) is 0 Å². The summed E-state index contributed by atoms with van der Waals surface area (Å²) in [5.74, 6) is -2.17. The van der Waals surface area contributed by atoms with E-state index in [1.807, 2.05) is 0 Å². The standard InChI is InChI=1S/C7H12O4.Ba/c8-6(9)4-2-1-3-5-7(10)11;/h1-5H2,(H,8,9)(H,10,11);/q;+2/p-2. The maximum atomic E-state index is 9.86. The molecule has 0 aliphatic carbocycles. The van der Waals surface area contributed by atoms with Crippen molar-refractivity contribution in [1.29, 1.82) is 0 Å². The molecule has 0 saturated heterocycles. The summed E-state index contributed by atoms with van der Waals surface area (Å²) in [5.41, 5.74) is 0. The average Bonchev–Trinajstić information content (AvgIpc) is 1.85. The molecule has 64 valence electrons. The molecule has 12 heavy (non-hydrogen) atoms. The maximum absolute atomic E-state index is 9.86. The topological polar surface area (TPSA) is 80.3 Å². The van der Waals surface area contributed by atoms with Crippen molar-refractivity contribution in [2.75, 3.05) is 0 Å². The van der Waals surface area contributed by atoms with Crippen LogP contribution in [-0.4, -0.2) is 60.8 Å². The summed E-state index contributed by atoms with van der Waals surface area (Å²) < 4.78 is 0. The van der Waals surface area contributed by atoms with E-state index < -0.39 is 11.9 Å². The number of unbranched alkanes of at least 4 members (excludes halogenated alkanes) is 2. The molecule has 0 aromatic heterocycles. The van der Waals surface area contributed by atoms with Gasteiger partial charge >= 0.3 is 48.9 Å². The van der Waals surface area contributed by atoms with Crippen molar-refractivity contribution in [2.45, 2.75) is 32.1 Å². The van der Waals surface area contributed by atoms with Crippen LogP contribution in [0.2, 0.25) is 0 Å². The van der Waals surface area contributed by atoms with Crippen LogP contribution >= 0.6 is 0 Å². The molecular weight excluding hydrogens is 285 g/mol. The number of rotatable bonds is 6. The molecule has 0 amide bonds. The van der Waals surface area contributed by atoms with Gasteiger partial charge < -0.3 is 19.8 Å². The van der Waals surface area contributed by atoms with Crippen LogP contribution in [0.1, 0.15) is 32.1 Å². The maximum Gasteiger partial charge on any atom is 2.00 e. The van der Waals surface area contributed by atoms with E-state index in [2.05, 4.69) is 0 Å². The molecule has 0 spiro atoms. The molecule has 0 aliphatic rings. The smallest absolute Gasteiger partial charge is 0.550 e. The van der Waals surface area contributed by atoms with Crippen LogP contribution in [0.4, 0.5) is 0 Å². The third-order valence-corrected chi connectivity index (χ3v) is 1.26. The summed E-state index contributed by atoms with van der Waals surface area (Å²) in [7, 11) is 0. The fourth-order valence-electron chi connectivity index (χ4n) is 0.715. The van der Waals surface area contributed by atoms with Crippen molar-refractivity contribution in [3.63, 3.8) is 0 Å². The van der Waals surface area contributed by atoms with E-state index in [1.54, 1.807) is 0 Å². The van der Waals surface area contributed by atoms with Crippen LogP contribution in [0.25, 0.3) is 0 Å². The molecule has 0 heterocycles. The van der Waals surface area contributed by atoms with E-state index in [4.69, 9.17) is 0 Å². The Hall–Kier alpha value is 0.511. The van der Waals surface area contributed by atoms with E-state index in [0.29, 0.717) is 19.3 Å². The zero-order valence-electron chi connectivity index (χ0n) is 6.88. The predicted octanol–water partition coefficient (Wildman–Crippen LogP) is -1.94. The predicted molar refractivity (Wildman–Crippen MR) is 38.9 cm³/mol. The summed E-state index contributed by atoms with van der Waals surface area (Å²) in [6.07, 6.45) is 1.58. The average molecular weight is 295 g/mol. The summed E-state index contributed by atoms with van der Waals surface area (Å²) in [6.45, 7) is 0. The van der Waals surface area contributed by atoms with Gasteiger partial charge in [-0.25, -0.2) is 0 Å². The molecule has 0 N–H and O–H groups in total. The first-order valence-electron chi connectivity index (χ1n) is 3.52. The van der Waals surface area contributed by atoms with Gasteiger partial charge in [0.15, 0.2) is 0 Å². The Bertz CT molecular complexity index is 130. The molecule has 4 nitrogen and oxygen atoms in total. The Balaban J connectivity index is 0. The fourth-order valence-corrected chi connectivity index (χ4v) is 0.715. The Kier molecular flexibility index (Phi) is 12.0. The molecule has 0 atom stereocenters. The van der Waals surface area contributed by atoms with Gasteiger partial charge in [-0.05, 0) is 25.7 Å². The number of carboxylic acids is 2. The molecule has 0 aromatic rings. The van der Waals surface area contributed by atoms with Crippen molar-refractivity contribution < 1.29 is 19.8 Å². The van der Waals surface area contributed by atoms with Crippen molar-refractivity contribution >= 4 is 60.8 Å². The minimum atomic E-state index is -1.08. The van der Waals surface area contributed by atoms with Gasteiger partial charge in [0.05, 0.1) is 0 Å². The Labute approximate surface area is 111 Å². The molecule has 5 heteroatoms. The molecule has 0 aromatic carbocycles. The zero-order chi connectivity index (χ0) is 8.69. The number of hydrogen-bond donors (Lipinski definition) is 0. The van der Waals surface area contributed by atoms with Crippen LogP contribution in [0.3, 0.4) is 0 Å². The van der Waals surface area contributed by atoms with Gasteiger partial charge in [-0.15, -0.1) is 0 Å². The zero-order valence-corrected chi connectivity index (χ0v) is 11.3. The Morgan fingerprint density at radius 3 is 1.42 bits per heavy atom. The van der Waals surface area contributed by atoms with E-state index in [-0.39, 0.29) is 61.7 Å². The van der Waals surface area contributed by atoms with E-state index in [1.165, 1.54) is 0 Å². The summed E-state index contributed by atoms with van der Waals surface area (Å²) in [5, 5.41) is 19.7. The van der Waals surface area contributed by atoms with Crippen molar-refractivity contribution in [3.8, 4) is 0 Å². The monoisotopic (exact) mass is 296 g/mol. The molecule has 0 unspecified atom stereocenters. The first kappa shape index (κ1) is 15.0. The third kappa shape index (κ3) is 13.1. The van der Waals surface area contributed by atoms with Crippen LogP contribution in [0.15, 0.2) is 0 Å². The number of carbonyl (C=O) groups is 2. The minimum Gasteiger partial charge on any atom is -0.550 e. The van der Waals surface area contributed by atoms with Gasteiger partial charge in [-0.3, -0.25) is 0 Å². The number of carboxylic acid groups (broad SMARTS) is 2. The van der Waals surface area contributed by atoms with Crippen LogP contribution < -0.4 is 10.2 Å². The van der Waals surface area contributed by atoms with Gasteiger partial charge in [0.1, 0.15) is 0 Å². The molecule has 0 rings (SSSR count). The third-order valence-electron chi connectivity index (χ3n) is 1.26. The van der Waals surface area contributed by atoms with Gasteiger partial charge in [0.2, 0.25) is 0 Å². The second-order valence-corrected chi connectivity index (χ2v) is 2.30. The number of hydrogen-bond acceptors (Lipinski definition) is 4. The fraction of sp³-hybridized carbons (Fsp3) is 0.714. The molecule has 0 bridgehead atoms. The summed E-state index contributed by atoms with van der Waals surface area (Å²) in [4.78, 5) is 19.7. The summed E-state index contributed by atoms with van der Waals surface area (Å²) >= 11 is 0.